The third-order valence-corrected chi connectivity index (χ3v) is 5.85. The van der Waals surface area contributed by atoms with Crippen LogP contribution in [0.4, 0.5) is 0 Å². The van der Waals surface area contributed by atoms with Crippen molar-refractivity contribution in [1.29, 1.82) is 0 Å². The highest BCUT2D eigenvalue weighted by atomic mass is 14.3. The molecule has 0 unspecified atom stereocenters. The van der Waals surface area contributed by atoms with Crippen molar-refractivity contribution in [2.45, 2.75) is 124 Å². The van der Waals surface area contributed by atoms with Gasteiger partial charge in [-0.15, -0.1) is 0 Å². The molecule has 0 aromatic carbocycles. The van der Waals surface area contributed by atoms with Gasteiger partial charge in [0.2, 0.25) is 0 Å². The molecule has 132 valence electrons. The van der Waals surface area contributed by atoms with Crippen LogP contribution in [0.15, 0.2) is 0 Å². The second kappa shape index (κ2) is 13.4. The summed E-state index contributed by atoms with van der Waals surface area (Å²) >= 11 is 0. The minimum Gasteiger partial charge on any atom is -0.0654 e. The molecule has 0 saturated heterocycles. The van der Waals surface area contributed by atoms with E-state index < -0.39 is 0 Å². The van der Waals surface area contributed by atoms with Crippen LogP contribution in [0.25, 0.3) is 0 Å². The molecule has 22 heavy (non-hydrogen) atoms. The summed E-state index contributed by atoms with van der Waals surface area (Å²) in [7, 11) is 0. The lowest BCUT2D eigenvalue weighted by Gasteiger charge is -2.19. The smallest absolute Gasteiger partial charge is 0.0386 e. The van der Waals surface area contributed by atoms with Gasteiger partial charge in [-0.3, -0.25) is 0 Å². The first-order chi connectivity index (χ1) is 10.7. The highest BCUT2D eigenvalue weighted by molar-refractivity contribution is 4.77. The Labute approximate surface area is 141 Å². The highest BCUT2D eigenvalue weighted by Crippen LogP contribution is 2.38. The number of hydrogen-bond acceptors (Lipinski definition) is 0. The van der Waals surface area contributed by atoms with Crippen molar-refractivity contribution < 1.29 is 0 Å². The van der Waals surface area contributed by atoms with Gasteiger partial charge in [0.05, 0.1) is 0 Å². The molecule has 0 radical (unpaired) electrons. The van der Waals surface area contributed by atoms with E-state index in [0.717, 1.165) is 17.8 Å². The van der Waals surface area contributed by atoms with Crippen molar-refractivity contribution in [3.63, 3.8) is 0 Å². The molecule has 0 aliphatic heterocycles. The maximum atomic E-state index is 2.35. The fraction of sp³-hybridized carbons (Fsp3) is 1.00. The normalized spacial score (nSPS) is 21.8. The van der Waals surface area contributed by atoms with Crippen LogP contribution in [0.1, 0.15) is 124 Å². The van der Waals surface area contributed by atoms with Gasteiger partial charge in [-0.1, -0.05) is 124 Å². The Morgan fingerprint density at radius 1 is 0.682 bits per heavy atom. The van der Waals surface area contributed by atoms with Gasteiger partial charge in [-0.25, -0.2) is 0 Å². The van der Waals surface area contributed by atoms with Crippen molar-refractivity contribution in [3.05, 3.63) is 0 Å². The first kappa shape index (κ1) is 20.0. The molecular formula is C22H44. The van der Waals surface area contributed by atoms with Crippen molar-refractivity contribution in [1.82, 2.24) is 0 Å². The standard InChI is InChI=1S/C22H44/c1-4-5-6-7-8-12-16-21-18-14-19-22(21)17-13-10-9-11-15-20(2)3/h20-22H,4-19H2,1-3H3/t21-,22-/m0/s1. The Morgan fingerprint density at radius 2 is 1.18 bits per heavy atom. The minimum absolute atomic E-state index is 0.900. The van der Waals surface area contributed by atoms with E-state index in [1.165, 1.54) is 77.0 Å². The molecule has 2 atom stereocenters. The fourth-order valence-electron chi connectivity index (χ4n) is 4.37. The Morgan fingerprint density at radius 3 is 1.73 bits per heavy atom. The summed E-state index contributed by atoms with van der Waals surface area (Å²) in [4.78, 5) is 0. The quantitative estimate of drug-likeness (QED) is 0.284. The van der Waals surface area contributed by atoms with E-state index in [4.69, 9.17) is 0 Å². The van der Waals surface area contributed by atoms with Crippen molar-refractivity contribution in [3.8, 4) is 0 Å². The zero-order valence-corrected chi connectivity index (χ0v) is 16.0. The molecule has 0 amide bonds. The maximum Gasteiger partial charge on any atom is -0.0386 e. The molecule has 0 N–H and O–H groups in total. The first-order valence-corrected chi connectivity index (χ1v) is 10.7. The van der Waals surface area contributed by atoms with E-state index in [1.54, 1.807) is 25.7 Å². The van der Waals surface area contributed by atoms with Gasteiger partial charge in [0.25, 0.3) is 0 Å². The Hall–Kier alpha value is 0. The van der Waals surface area contributed by atoms with Gasteiger partial charge < -0.3 is 0 Å². The SMILES string of the molecule is CCCCCCCC[C@H]1CCC[C@@H]1CCCCCCC(C)C. The molecular weight excluding hydrogens is 264 g/mol. The van der Waals surface area contributed by atoms with Crippen LogP contribution in [0.3, 0.4) is 0 Å². The fourth-order valence-corrected chi connectivity index (χ4v) is 4.37. The molecule has 1 aliphatic rings. The van der Waals surface area contributed by atoms with Crippen LogP contribution in [0.2, 0.25) is 0 Å². The van der Waals surface area contributed by atoms with Crippen LogP contribution >= 0.6 is 0 Å². The van der Waals surface area contributed by atoms with Crippen molar-refractivity contribution in [2.24, 2.45) is 17.8 Å². The molecule has 0 spiro atoms. The molecule has 1 fully saturated rings. The topological polar surface area (TPSA) is 0 Å². The largest absolute Gasteiger partial charge is 0.0654 e. The first-order valence-electron chi connectivity index (χ1n) is 10.7. The summed E-state index contributed by atoms with van der Waals surface area (Å²) < 4.78 is 0. The van der Waals surface area contributed by atoms with E-state index >= 15 is 0 Å². The molecule has 1 saturated carbocycles. The average molecular weight is 309 g/mol. The van der Waals surface area contributed by atoms with E-state index in [1.807, 2.05) is 0 Å². The van der Waals surface area contributed by atoms with Crippen LogP contribution < -0.4 is 0 Å². The molecule has 0 heteroatoms. The van der Waals surface area contributed by atoms with Gasteiger partial charge >= 0.3 is 0 Å². The monoisotopic (exact) mass is 308 g/mol. The molecule has 0 aromatic heterocycles. The zero-order chi connectivity index (χ0) is 16.0. The lowest BCUT2D eigenvalue weighted by atomic mass is 9.86. The summed E-state index contributed by atoms with van der Waals surface area (Å²) in [6, 6.07) is 0. The van der Waals surface area contributed by atoms with E-state index in [-0.39, 0.29) is 0 Å². The average Bonchev–Trinajstić information content (AvgIpc) is 2.93. The number of unbranched alkanes of at least 4 members (excludes halogenated alkanes) is 8. The molecule has 1 rings (SSSR count). The number of hydrogen-bond donors (Lipinski definition) is 0. The molecule has 0 heterocycles. The second-order valence-corrected chi connectivity index (χ2v) is 8.39. The molecule has 0 aromatic rings. The van der Waals surface area contributed by atoms with E-state index in [9.17, 15) is 0 Å². The maximum absolute atomic E-state index is 2.35. The summed E-state index contributed by atoms with van der Waals surface area (Å²) in [5.74, 6) is 3.10. The van der Waals surface area contributed by atoms with Crippen LogP contribution in [0, 0.1) is 17.8 Å². The van der Waals surface area contributed by atoms with E-state index in [0.29, 0.717) is 0 Å². The third-order valence-electron chi connectivity index (χ3n) is 5.85. The summed E-state index contributed by atoms with van der Waals surface area (Å²) in [5, 5.41) is 0. The van der Waals surface area contributed by atoms with Crippen LogP contribution in [-0.4, -0.2) is 0 Å². The summed E-state index contributed by atoms with van der Waals surface area (Å²) in [6.45, 7) is 7.02. The predicted molar refractivity (Wildman–Crippen MR) is 101 cm³/mol. The van der Waals surface area contributed by atoms with Gasteiger partial charge in [0.15, 0.2) is 0 Å². The summed E-state index contributed by atoms with van der Waals surface area (Å²) in [5.41, 5.74) is 0. The molecule has 0 bridgehead atoms. The highest BCUT2D eigenvalue weighted by Gasteiger charge is 2.25. The lowest BCUT2D eigenvalue weighted by Crippen LogP contribution is -2.08. The Bertz CT molecular complexity index is 230. The van der Waals surface area contributed by atoms with Gasteiger partial charge in [-0.05, 0) is 17.8 Å². The van der Waals surface area contributed by atoms with Crippen molar-refractivity contribution >= 4 is 0 Å². The van der Waals surface area contributed by atoms with Crippen LogP contribution in [0.5, 0.6) is 0 Å². The van der Waals surface area contributed by atoms with Gasteiger partial charge in [0, 0.05) is 0 Å². The number of rotatable bonds is 14. The Balaban J connectivity index is 1.98. The van der Waals surface area contributed by atoms with Crippen LogP contribution in [-0.2, 0) is 0 Å². The zero-order valence-electron chi connectivity index (χ0n) is 16.0. The van der Waals surface area contributed by atoms with Gasteiger partial charge in [-0.2, -0.15) is 0 Å². The lowest BCUT2D eigenvalue weighted by molar-refractivity contribution is 0.321. The minimum atomic E-state index is 0.900. The van der Waals surface area contributed by atoms with Gasteiger partial charge in [0.1, 0.15) is 0 Å². The molecule has 0 nitrogen and oxygen atoms in total. The summed E-state index contributed by atoms with van der Waals surface area (Å²) in [6.07, 6.45) is 23.9. The van der Waals surface area contributed by atoms with E-state index in [2.05, 4.69) is 20.8 Å². The molecule has 1 aliphatic carbocycles. The Kier molecular flexibility index (Phi) is 12.2. The second-order valence-electron chi connectivity index (χ2n) is 8.39. The van der Waals surface area contributed by atoms with Crippen molar-refractivity contribution in [2.75, 3.05) is 0 Å². The third kappa shape index (κ3) is 9.90. The predicted octanol–water partition coefficient (Wildman–Crippen LogP) is 8.15.